The Labute approximate surface area is 129 Å². The first-order valence-electron chi connectivity index (χ1n) is 8.27. The van der Waals surface area contributed by atoms with Crippen LogP contribution < -0.4 is 10.1 Å². The van der Waals surface area contributed by atoms with Crippen LogP contribution in [0.15, 0.2) is 24.3 Å². The molecule has 2 nitrogen and oxygen atoms in total. The van der Waals surface area contributed by atoms with E-state index in [-0.39, 0.29) is 0 Å². The fourth-order valence-electron chi connectivity index (χ4n) is 5.08. The van der Waals surface area contributed by atoms with Crippen LogP contribution in [0.25, 0.3) is 0 Å². The van der Waals surface area contributed by atoms with Gasteiger partial charge in [-0.1, -0.05) is 39.0 Å². The molecule has 0 radical (unpaired) electrons. The fourth-order valence-corrected chi connectivity index (χ4v) is 5.08. The summed E-state index contributed by atoms with van der Waals surface area (Å²) in [6.45, 7) is 9.65. The molecule has 0 saturated heterocycles. The van der Waals surface area contributed by atoms with Crippen LogP contribution in [0.5, 0.6) is 5.75 Å². The Balaban J connectivity index is 1.83. The predicted molar refractivity (Wildman–Crippen MR) is 87.6 cm³/mol. The van der Waals surface area contributed by atoms with Crippen molar-refractivity contribution >= 4 is 0 Å². The van der Waals surface area contributed by atoms with E-state index in [1.807, 2.05) is 6.07 Å². The third-order valence-electron chi connectivity index (χ3n) is 6.29. The summed E-state index contributed by atoms with van der Waals surface area (Å²) in [6.07, 6.45) is 4.17. The summed E-state index contributed by atoms with van der Waals surface area (Å²) in [5.41, 5.74) is 2.12. The van der Waals surface area contributed by atoms with E-state index in [1.165, 1.54) is 24.8 Å². The van der Waals surface area contributed by atoms with Crippen molar-refractivity contribution in [3.05, 3.63) is 29.8 Å². The fraction of sp³-hybridized carbons (Fsp3) is 0.684. The van der Waals surface area contributed by atoms with Gasteiger partial charge in [0.25, 0.3) is 0 Å². The first-order chi connectivity index (χ1) is 9.88. The lowest BCUT2D eigenvalue weighted by atomic mass is 9.68. The second-order valence-electron chi connectivity index (χ2n) is 7.98. The number of fused-ring (bicyclic) bond motifs is 2. The van der Waals surface area contributed by atoms with Gasteiger partial charge in [0.15, 0.2) is 0 Å². The van der Waals surface area contributed by atoms with Crippen LogP contribution in [0.3, 0.4) is 0 Å². The van der Waals surface area contributed by atoms with Crippen molar-refractivity contribution in [2.45, 2.75) is 59.0 Å². The standard InChI is InChI=1S/C19H29NO/c1-13(15-8-6-7-9-16(15)21-5)20-17-18(2,3)14-10-11-19(17,4)12-14/h6-9,13-14,17,20H,10-12H2,1-5H3. The molecule has 2 aliphatic carbocycles. The molecule has 2 fully saturated rings. The summed E-state index contributed by atoms with van der Waals surface area (Å²) >= 11 is 0. The molecule has 116 valence electrons. The Morgan fingerprint density at radius 3 is 2.57 bits per heavy atom. The van der Waals surface area contributed by atoms with Gasteiger partial charge in [0, 0.05) is 17.6 Å². The molecule has 0 spiro atoms. The minimum absolute atomic E-state index is 0.321. The van der Waals surface area contributed by atoms with Crippen LogP contribution in [0.1, 0.15) is 58.6 Å². The maximum absolute atomic E-state index is 5.53. The molecular weight excluding hydrogens is 258 g/mol. The van der Waals surface area contributed by atoms with Gasteiger partial charge in [-0.05, 0) is 49.0 Å². The molecule has 0 amide bonds. The zero-order chi connectivity index (χ0) is 15.3. The van der Waals surface area contributed by atoms with Gasteiger partial charge in [0.2, 0.25) is 0 Å². The van der Waals surface area contributed by atoms with Gasteiger partial charge < -0.3 is 10.1 Å². The molecule has 2 bridgehead atoms. The molecule has 4 atom stereocenters. The minimum Gasteiger partial charge on any atom is -0.496 e. The van der Waals surface area contributed by atoms with Gasteiger partial charge in [0.1, 0.15) is 5.75 Å². The van der Waals surface area contributed by atoms with Crippen molar-refractivity contribution in [1.29, 1.82) is 0 Å². The van der Waals surface area contributed by atoms with E-state index < -0.39 is 0 Å². The van der Waals surface area contributed by atoms with Crippen molar-refractivity contribution in [2.75, 3.05) is 7.11 Å². The van der Waals surface area contributed by atoms with Crippen LogP contribution >= 0.6 is 0 Å². The topological polar surface area (TPSA) is 21.3 Å². The van der Waals surface area contributed by atoms with Crippen LogP contribution in [0.4, 0.5) is 0 Å². The Kier molecular flexibility index (Phi) is 3.56. The van der Waals surface area contributed by atoms with Crippen LogP contribution in [-0.2, 0) is 0 Å². The summed E-state index contributed by atoms with van der Waals surface area (Å²) in [6, 6.07) is 9.28. The largest absolute Gasteiger partial charge is 0.496 e. The molecule has 2 aliphatic rings. The number of ether oxygens (including phenoxy) is 1. The summed E-state index contributed by atoms with van der Waals surface area (Å²) < 4.78 is 5.53. The van der Waals surface area contributed by atoms with E-state index in [0.717, 1.165) is 11.7 Å². The number of hydrogen-bond donors (Lipinski definition) is 1. The van der Waals surface area contributed by atoms with Crippen molar-refractivity contribution in [3.63, 3.8) is 0 Å². The minimum atomic E-state index is 0.321. The second-order valence-corrected chi connectivity index (χ2v) is 7.98. The maximum Gasteiger partial charge on any atom is 0.123 e. The molecule has 0 aromatic heterocycles. The third-order valence-corrected chi connectivity index (χ3v) is 6.29. The van der Waals surface area contributed by atoms with E-state index >= 15 is 0 Å². The van der Waals surface area contributed by atoms with E-state index in [0.29, 0.717) is 22.9 Å². The highest BCUT2D eigenvalue weighted by Gasteiger charge is 2.59. The number of nitrogens with one attached hydrogen (secondary N) is 1. The molecule has 0 heterocycles. The highest BCUT2D eigenvalue weighted by molar-refractivity contribution is 5.35. The average Bonchev–Trinajstić information content (AvgIpc) is 2.94. The van der Waals surface area contributed by atoms with Crippen molar-refractivity contribution in [3.8, 4) is 5.75 Å². The molecule has 1 N–H and O–H groups in total. The lowest BCUT2D eigenvalue weighted by molar-refractivity contribution is 0.0999. The predicted octanol–water partition coefficient (Wildman–Crippen LogP) is 4.56. The van der Waals surface area contributed by atoms with E-state index in [1.54, 1.807) is 7.11 Å². The zero-order valence-corrected chi connectivity index (χ0v) is 14.1. The Bertz CT molecular complexity index is 519. The van der Waals surface area contributed by atoms with Crippen molar-refractivity contribution in [1.82, 2.24) is 5.32 Å². The van der Waals surface area contributed by atoms with Gasteiger partial charge in [0.05, 0.1) is 7.11 Å². The van der Waals surface area contributed by atoms with E-state index in [2.05, 4.69) is 51.2 Å². The quantitative estimate of drug-likeness (QED) is 0.876. The molecule has 2 saturated carbocycles. The first kappa shape index (κ1) is 14.9. The highest BCUT2D eigenvalue weighted by atomic mass is 16.5. The molecule has 3 rings (SSSR count). The lowest BCUT2D eigenvalue weighted by Crippen LogP contribution is -2.51. The van der Waals surface area contributed by atoms with E-state index in [9.17, 15) is 0 Å². The molecule has 2 heteroatoms. The van der Waals surface area contributed by atoms with Crippen molar-refractivity contribution in [2.24, 2.45) is 16.7 Å². The number of methoxy groups -OCH3 is 1. The Morgan fingerprint density at radius 1 is 1.24 bits per heavy atom. The number of rotatable bonds is 4. The smallest absolute Gasteiger partial charge is 0.123 e. The summed E-state index contributed by atoms with van der Waals surface area (Å²) in [5.74, 6) is 1.87. The molecule has 4 unspecified atom stereocenters. The molecule has 1 aromatic rings. The van der Waals surface area contributed by atoms with Gasteiger partial charge in [-0.15, -0.1) is 0 Å². The highest BCUT2D eigenvalue weighted by Crippen LogP contribution is 2.62. The molecule has 1 aromatic carbocycles. The van der Waals surface area contributed by atoms with Crippen molar-refractivity contribution < 1.29 is 4.74 Å². The lowest BCUT2D eigenvalue weighted by Gasteiger charge is -2.44. The normalized spacial score (nSPS) is 34.9. The molecule has 0 aliphatic heterocycles. The van der Waals surface area contributed by atoms with Gasteiger partial charge in [-0.25, -0.2) is 0 Å². The third kappa shape index (κ3) is 2.28. The number of para-hydroxylation sites is 1. The van der Waals surface area contributed by atoms with Crippen LogP contribution in [0.2, 0.25) is 0 Å². The summed E-state index contributed by atoms with van der Waals surface area (Å²) in [4.78, 5) is 0. The van der Waals surface area contributed by atoms with E-state index in [4.69, 9.17) is 4.74 Å². The maximum atomic E-state index is 5.53. The van der Waals surface area contributed by atoms with Crippen LogP contribution in [-0.4, -0.2) is 13.2 Å². The summed E-state index contributed by atoms with van der Waals surface area (Å²) in [7, 11) is 1.76. The molecule has 21 heavy (non-hydrogen) atoms. The van der Waals surface area contributed by atoms with Gasteiger partial charge >= 0.3 is 0 Å². The summed E-state index contributed by atoms with van der Waals surface area (Å²) in [5, 5.41) is 3.95. The zero-order valence-electron chi connectivity index (χ0n) is 14.1. The molecular formula is C19H29NO. The first-order valence-corrected chi connectivity index (χ1v) is 8.27. The number of benzene rings is 1. The number of hydrogen-bond acceptors (Lipinski definition) is 2. The monoisotopic (exact) mass is 287 g/mol. The van der Waals surface area contributed by atoms with Crippen LogP contribution in [0, 0.1) is 16.7 Å². The second kappa shape index (κ2) is 5.01. The SMILES string of the molecule is COc1ccccc1C(C)NC1C2(C)CCC(C2)C1(C)C. The average molecular weight is 287 g/mol. The van der Waals surface area contributed by atoms with Gasteiger partial charge in [-0.2, -0.15) is 0 Å². The Morgan fingerprint density at radius 2 is 1.95 bits per heavy atom. The Hall–Kier alpha value is -1.02. The van der Waals surface area contributed by atoms with Gasteiger partial charge in [-0.3, -0.25) is 0 Å².